The van der Waals surface area contributed by atoms with Gasteiger partial charge in [-0.05, 0) is 24.3 Å². The number of rotatable bonds is 7. The Hall–Kier alpha value is -4.95. The Balaban J connectivity index is 1.30. The van der Waals surface area contributed by atoms with Gasteiger partial charge in [0.05, 0.1) is 5.56 Å². The first-order valence-corrected chi connectivity index (χ1v) is 12.2. The Bertz CT molecular complexity index is 1580. The molecule has 2 amide bonds. The molecule has 0 atom stereocenters. The third-order valence-corrected chi connectivity index (χ3v) is 6.39. The molecule has 7 nitrogen and oxygen atoms in total. The predicted octanol–water partition coefficient (Wildman–Crippen LogP) is 5.94. The van der Waals surface area contributed by atoms with Crippen LogP contribution in [-0.4, -0.2) is 27.8 Å². The van der Waals surface area contributed by atoms with E-state index in [0.717, 1.165) is 5.56 Å². The number of amides is 2. The summed E-state index contributed by atoms with van der Waals surface area (Å²) in [5.74, 6) is -1.08. The highest BCUT2D eigenvalue weighted by Gasteiger charge is 2.19. The highest BCUT2D eigenvalue weighted by Crippen LogP contribution is 2.26. The minimum Gasteiger partial charge on any atom is -0.322 e. The van der Waals surface area contributed by atoms with Gasteiger partial charge in [-0.2, -0.15) is 0 Å². The van der Waals surface area contributed by atoms with Crippen molar-refractivity contribution < 1.29 is 14.4 Å². The van der Waals surface area contributed by atoms with Crippen LogP contribution in [0.3, 0.4) is 0 Å². The second-order valence-electron chi connectivity index (χ2n) is 8.01. The molecule has 0 aliphatic carbocycles. The summed E-state index contributed by atoms with van der Waals surface area (Å²) in [4.78, 5) is 38.9. The third-order valence-electron chi connectivity index (χ3n) is 5.50. The summed E-state index contributed by atoms with van der Waals surface area (Å²) in [5, 5.41) is 14.8. The average molecular weight is 505 g/mol. The standard InChI is InChI=1S/C29H20N4O3S/c34-25(19-10-3-1-4-11-19)23-16-7-8-17-24(23)27(36)30-22-15-9-14-21(18-22)26(35)31-29-33-32-28(37-29)20-12-5-2-6-13-20/h1-18H,(H,30,36)(H,31,33,35). The Morgan fingerprint density at radius 1 is 0.595 bits per heavy atom. The number of benzene rings is 4. The van der Waals surface area contributed by atoms with Crippen molar-refractivity contribution in [2.24, 2.45) is 0 Å². The number of aromatic nitrogens is 2. The van der Waals surface area contributed by atoms with Crippen LogP contribution < -0.4 is 10.6 Å². The van der Waals surface area contributed by atoms with E-state index in [2.05, 4.69) is 20.8 Å². The molecule has 0 radical (unpaired) electrons. The molecule has 0 saturated heterocycles. The van der Waals surface area contributed by atoms with Crippen molar-refractivity contribution in [1.29, 1.82) is 0 Å². The van der Waals surface area contributed by atoms with Crippen molar-refractivity contribution in [2.75, 3.05) is 10.6 Å². The number of carbonyl (C=O) groups is 3. The molecular formula is C29H20N4O3S. The summed E-state index contributed by atoms with van der Waals surface area (Å²) >= 11 is 1.27. The topological polar surface area (TPSA) is 101 Å². The minimum absolute atomic E-state index is 0.244. The zero-order valence-corrected chi connectivity index (χ0v) is 20.2. The molecule has 0 spiro atoms. The Morgan fingerprint density at radius 3 is 2.00 bits per heavy atom. The largest absolute Gasteiger partial charge is 0.322 e. The molecule has 2 N–H and O–H groups in total. The molecule has 5 rings (SSSR count). The predicted molar refractivity (Wildman–Crippen MR) is 144 cm³/mol. The summed E-state index contributed by atoms with van der Waals surface area (Å²) in [6, 6.07) is 31.5. The van der Waals surface area contributed by atoms with Crippen molar-refractivity contribution >= 4 is 39.8 Å². The van der Waals surface area contributed by atoms with E-state index >= 15 is 0 Å². The van der Waals surface area contributed by atoms with Gasteiger partial charge in [0, 0.05) is 27.9 Å². The molecule has 0 saturated carbocycles. The molecule has 37 heavy (non-hydrogen) atoms. The maximum atomic E-state index is 13.1. The lowest BCUT2D eigenvalue weighted by Gasteiger charge is -2.11. The molecule has 0 unspecified atom stereocenters. The number of nitrogens with zero attached hydrogens (tertiary/aromatic N) is 2. The van der Waals surface area contributed by atoms with Gasteiger partial charge >= 0.3 is 0 Å². The normalized spacial score (nSPS) is 10.5. The Labute approximate surface area is 216 Å². The first kappa shape index (κ1) is 23.8. The van der Waals surface area contributed by atoms with Gasteiger partial charge in [0.1, 0.15) is 5.01 Å². The lowest BCUT2D eigenvalue weighted by atomic mass is 9.98. The van der Waals surface area contributed by atoms with Crippen LogP contribution in [0.15, 0.2) is 109 Å². The smallest absolute Gasteiger partial charge is 0.257 e. The molecule has 0 fully saturated rings. The third kappa shape index (κ3) is 5.50. The highest BCUT2D eigenvalue weighted by atomic mass is 32.1. The average Bonchev–Trinajstić information content (AvgIpc) is 3.42. The van der Waals surface area contributed by atoms with Gasteiger partial charge in [-0.15, -0.1) is 10.2 Å². The molecule has 5 aromatic rings. The molecule has 0 aliphatic heterocycles. The van der Waals surface area contributed by atoms with Crippen LogP contribution in [0.2, 0.25) is 0 Å². The van der Waals surface area contributed by atoms with E-state index in [0.29, 0.717) is 32.5 Å². The van der Waals surface area contributed by atoms with E-state index in [9.17, 15) is 14.4 Å². The van der Waals surface area contributed by atoms with Crippen LogP contribution >= 0.6 is 11.3 Å². The number of nitrogens with one attached hydrogen (secondary N) is 2. The molecule has 1 aromatic heterocycles. The fourth-order valence-electron chi connectivity index (χ4n) is 3.70. The highest BCUT2D eigenvalue weighted by molar-refractivity contribution is 7.18. The molecule has 0 bridgehead atoms. The fourth-order valence-corrected chi connectivity index (χ4v) is 4.45. The summed E-state index contributed by atoms with van der Waals surface area (Å²) in [6.07, 6.45) is 0. The minimum atomic E-state index is -0.450. The van der Waals surface area contributed by atoms with E-state index in [1.54, 1.807) is 72.8 Å². The van der Waals surface area contributed by atoms with Crippen LogP contribution in [0, 0.1) is 0 Å². The molecule has 1 heterocycles. The second kappa shape index (κ2) is 10.8. The van der Waals surface area contributed by atoms with E-state index < -0.39 is 5.91 Å². The van der Waals surface area contributed by atoms with E-state index in [1.165, 1.54) is 11.3 Å². The molecule has 4 aromatic carbocycles. The van der Waals surface area contributed by atoms with Gasteiger partial charge in [0.15, 0.2) is 5.78 Å². The van der Waals surface area contributed by atoms with Gasteiger partial charge in [-0.25, -0.2) is 0 Å². The van der Waals surface area contributed by atoms with E-state index in [1.807, 2.05) is 36.4 Å². The van der Waals surface area contributed by atoms with Gasteiger partial charge in [0.25, 0.3) is 11.8 Å². The van der Waals surface area contributed by atoms with Crippen LogP contribution in [0.25, 0.3) is 10.6 Å². The van der Waals surface area contributed by atoms with Crippen molar-refractivity contribution in [3.63, 3.8) is 0 Å². The zero-order chi connectivity index (χ0) is 25.6. The zero-order valence-electron chi connectivity index (χ0n) is 19.4. The number of hydrogen-bond acceptors (Lipinski definition) is 6. The summed E-state index contributed by atoms with van der Waals surface area (Å²) < 4.78 is 0. The first-order valence-electron chi connectivity index (χ1n) is 11.4. The molecule has 180 valence electrons. The number of hydrogen-bond donors (Lipinski definition) is 2. The Kier molecular flexibility index (Phi) is 6.91. The van der Waals surface area contributed by atoms with Crippen LogP contribution in [0.1, 0.15) is 36.6 Å². The van der Waals surface area contributed by atoms with Gasteiger partial charge in [-0.3, -0.25) is 19.7 Å². The molecule has 8 heteroatoms. The van der Waals surface area contributed by atoms with Crippen LogP contribution in [0.4, 0.5) is 10.8 Å². The first-order chi connectivity index (χ1) is 18.1. The maximum absolute atomic E-state index is 13.1. The van der Waals surface area contributed by atoms with Gasteiger partial charge < -0.3 is 5.32 Å². The van der Waals surface area contributed by atoms with Gasteiger partial charge in [0.2, 0.25) is 5.13 Å². The summed E-state index contributed by atoms with van der Waals surface area (Å²) in [6.45, 7) is 0. The van der Waals surface area contributed by atoms with Crippen LogP contribution in [-0.2, 0) is 0 Å². The number of anilines is 2. The van der Waals surface area contributed by atoms with E-state index in [4.69, 9.17) is 0 Å². The lowest BCUT2D eigenvalue weighted by Crippen LogP contribution is -2.17. The SMILES string of the molecule is O=C(Nc1nnc(-c2ccccc2)s1)c1cccc(NC(=O)c2ccccc2C(=O)c2ccccc2)c1. The van der Waals surface area contributed by atoms with Gasteiger partial charge in [-0.1, -0.05) is 96.3 Å². The van der Waals surface area contributed by atoms with E-state index in [-0.39, 0.29) is 17.3 Å². The summed E-state index contributed by atoms with van der Waals surface area (Å²) in [5.41, 5.74) is 2.70. The quantitative estimate of drug-likeness (QED) is 0.267. The van der Waals surface area contributed by atoms with Crippen LogP contribution in [0.5, 0.6) is 0 Å². The second-order valence-corrected chi connectivity index (χ2v) is 8.99. The maximum Gasteiger partial charge on any atom is 0.257 e. The van der Waals surface area contributed by atoms with Crippen molar-refractivity contribution in [1.82, 2.24) is 10.2 Å². The molecular weight excluding hydrogens is 484 g/mol. The summed E-state index contributed by atoms with van der Waals surface area (Å²) in [7, 11) is 0. The van der Waals surface area contributed by atoms with Crippen molar-refractivity contribution in [3.05, 3.63) is 131 Å². The number of ketones is 1. The lowest BCUT2D eigenvalue weighted by molar-refractivity contribution is 0.0996. The number of carbonyl (C=O) groups excluding carboxylic acids is 3. The monoisotopic (exact) mass is 504 g/mol. The fraction of sp³-hybridized carbons (Fsp3) is 0. The van der Waals surface area contributed by atoms with Crippen molar-refractivity contribution in [2.45, 2.75) is 0 Å². The molecule has 0 aliphatic rings. The Morgan fingerprint density at radius 2 is 1.24 bits per heavy atom. The van der Waals surface area contributed by atoms with Crippen molar-refractivity contribution in [3.8, 4) is 10.6 Å².